The SMILES string of the molecule is CC(C)C[C@H](NC(=O)[C@H](C)OC(=O)[C@@H](O)CC(=O)OC1=CC[C@@]2(O)[C@@H]3Cc4ccc(O)c5c4[C@@]2(CCN3C)[C@H]1O5)C(=O)O. The topological polar surface area (TPSA) is 192 Å². The summed E-state index contributed by atoms with van der Waals surface area (Å²) in [7, 11) is 1.95. The van der Waals surface area contributed by atoms with Crippen molar-refractivity contribution in [3.63, 3.8) is 0 Å². The fourth-order valence-corrected chi connectivity index (χ4v) is 7.14. The molecule has 2 aliphatic heterocycles. The van der Waals surface area contributed by atoms with Crippen molar-refractivity contribution in [3.8, 4) is 11.5 Å². The number of phenols is 1. The number of carbonyl (C=O) groups excluding carboxylic acids is 3. The average Bonchev–Trinajstić information content (AvgIpc) is 3.29. The zero-order valence-electron chi connectivity index (χ0n) is 24.5. The van der Waals surface area contributed by atoms with Crippen molar-refractivity contribution >= 4 is 23.8 Å². The summed E-state index contributed by atoms with van der Waals surface area (Å²) in [5.74, 6) is -4.06. The van der Waals surface area contributed by atoms with E-state index in [1.165, 1.54) is 6.92 Å². The van der Waals surface area contributed by atoms with E-state index in [2.05, 4.69) is 10.2 Å². The Kier molecular flexibility index (Phi) is 7.95. The minimum atomic E-state index is -1.97. The highest BCUT2D eigenvalue weighted by Gasteiger charge is 2.72. The third kappa shape index (κ3) is 5.02. The molecule has 2 aliphatic carbocycles. The summed E-state index contributed by atoms with van der Waals surface area (Å²) >= 11 is 0. The molecule has 234 valence electrons. The first-order valence-corrected chi connectivity index (χ1v) is 14.5. The number of hydrogen-bond acceptors (Lipinski definition) is 11. The Bertz CT molecular complexity index is 1380. The number of likely N-dealkylation sites (tertiary alicyclic amines) is 1. The number of ether oxygens (including phenoxy) is 3. The van der Waals surface area contributed by atoms with Gasteiger partial charge in [-0.1, -0.05) is 19.9 Å². The lowest BCUT2D eigenvalue weighted by molar-refractivity contribution is -0.172. The van der Waals surface area contributed by atoms with Crippen LogP contribution in [0.1, 0.15) is 57.6 Å². The Morgan fingerprint density at radius 2 is 1.93 bits per heavy atom. The van der Waals surface area contributed by atoms with E-state index in [0.717, 1.165) is 11.1 Å². The lowest BCUT2D eigenvalue weighted by Gasteiger charge is -2.61. The van der Waals surface area contributed by atoms with Crippen LogP contribution in [0.2, 0.25) is 0 Å². The quantitative estimate of drug-likeness (QED) is 0.234. The van der Waals surface area contributed by atoms with Gasteiger partial charge in [-0.2, -0.15) is 0 Å². The van der Waals surface area contributed by atoms with E-state index in [9.17, 15) is 39.6 Å². The number of nitrogens with one attached hydrogen (secondary N) is 1. The number of aliphatic carboxylic acids is 1. The van der Waals surface area contributed by atoms with Crippen LogP contribution >= 0.6 is 0 Å². The normalized spacial score (nSPS) is 29.0. The molecular weight excluding hydrogens is 564 g/mol. The molecule has 1 amide bonds. The molecular formula is C30H38N2O11. The summed E-state index contributed by atoms with van der Waals surface area (Å²) in [6, 6.07) is 1.97. The van der Waals surface area contributed by atoms with Crippen LogP contribution in [0, 0.1) is 5.92 Å². The van der Waals surface area contributed by atoms with E-state index in [-0.39, 0.29) is 42.1 Å². The molecule has 2 bridgehead atoms. The van der Waals surface area contributed by atoms with Crippen LogP contribution in [0.15, 0.2) is 24.0 Å². The lowest BCUT2D eigenvalue weighted by Crippen LogP contribution is -2.74. The van der Waals surface area contributed by atoms with Gasteiger partial charge in [0.05, 0.1) is 17.4 Å². The van der Waals surface area contributed by atoms with Crippen LogP contribution in [0.4, 0.5) is 0 Å². The highest BCUT2D eigenvalue weighted by molar-refractivity contribution is 5.89. The standard InChI is InChI=1S/C30H38N2O11/c1-14(2)11-17(27(37)38)31-26(36)15(3)41-28(39)19(34)13-22(35)42-20-7-8-30(40)21-12-16-5-6-18(33)24-23(16)29(30,25(20)43-24)9-10-32(21)4/h5-7,14-15,17,19,21,25,33-34,40H,8-13H2,1-4H3,(H,31,36)(H,37,38)/t15-,17-,19-,21-,25-,29-,30+/m0/s1. The van der Waals surface area contributed by atoms with Crippen LogP contribution in [0.5, 0.6) is 11.5 Å². The Morgan fingerprint density at radius 1 is 1.21 bits per heavy atom. The minimum Gasteiger partial charge on any atom is -0.504 e. The summed E-state index contributed by atoms with van der Waals surface area (Å²) in [5, 5.41) is 44.8. The van der Waals surface area contributed by atoms with Gasteiger partial charge in [-0.15, -0.1) is 0 Å². The molecule has 7 atom stereocenters. The Hall–Kier alpha value is -3.68. The molecule has 0 saturated carbocycles. The molecule has 1 saturated heterocycles. The summed E-state index contributed by atoms with van der Waals surface area (Å²) in [6.45, 7) is 5.45. The first-order valence-electron chi connectivity index (χ1n) is 14.5. The van der Waals surface area contributed by atoms with Crippen LogP contribution in [-0.2, 0) is 40.5 Å². The van der Waals surface area contributed by atoms with Crippen molar-refractivity contribution in [2.75, 3.05) is 13.6 Å². The fraction of sp³-hybridized carbons (Fsp3) is 0.600. The number of nitrogens with zero attached hydrogens (tertiary/aromatic N) is 1. The Balaban J connectivity index is 1.26. The molecule has 1 aromatic carbocycles. The molecule has 2 heterocycles. The van der Waals surface area contributed by atoms with Gasteiger partial charge in [-0.25, -0.2) is 9.59 Å². The van der Waals surface area contributed by atoms with E-state index in [1.54, 1.807) is 26.0 Å². The van der Waals surface area contributed by atoms with E-state index in [0.29, 0.717) is 19.4 Å². The van der Waals surface area contributed by atoms with Gasteiger partial charge >= 0.3 is 17.9 Å². The Morgan fingerprint density at radius 3 is 2.60 bits per heavy atom. The number of amides is 1. The monoisotopic (exact) mass is 602 g/mol. The lowest BCUT2D eigenvalue weighted by atomic mass is 9.50. The number of carbonyl (C=O) groups is 4. The second kappa shape index (κ2) is 11.1. The largest absolute Gasteiger partial charge is 0.504 e. The molecule has 0 radical (unpaired) electrons. The van der Waals surface area contributed by atoms with Gasteiger partial charge in [0.15, 0.2) is 29.8 Å². The number of piperidine rings is 1. The number of carboxylic acids is 1. The van der Waals surface area contributed by atoms with Crippen molar-refractivity contribution in [1.82, 2.24) is 10.2 Å². The average molecular weight is 603 g/mol. The molecule has 13 heteroatoms. The number of phenolic OH excluding ortho intramolecular Hbond substituents is 1. The van der Waals surface area contributed by atoms with Crippen LogP contribution in [0.25, 0.3) is 0 Å². The number of carboxylic acid groups (broad SMARTS) is 1. The maximum atomic E-state index is 12.9. The smallest absolute Gasteiger partial charge is 0.336 e. The van der Waals surface area contributed by atoms with Crippen molar-refractivity contribution in [2.24, 2.45) is 5.92 Å². The van der Waals surface area contributed by atoms with Gasteiger partial charge < -0.3 is 44.9 Å². The number of aromatic hydroxyl groups is 1. The van der Waals surface area contributed by atoms with Gasteiger partial charge in [0.1, 0.15) is 11.8 Å². The van der Waals surface area contributed by atoms with Gasteiger partial charge in [0.25, 0.3) is 5.91 Å². The summed E-state index contributed by atoms with van der Waals surface area (Å²) in [6.07, 6.45) is -2.17. The van der Waals surface area contributed by atoms with Crippen LogP contribution in [0.3, 0.4) is 0 Å². The van der Waals surface area contributed by atoms with E-state index in [4.69, 9.17) is 14.2 Å². The van der Waals surface area contributed by atoms with Gasteiger partial charge in [-0.3, -0.25) is 9.59 Å². The number of benzene rings is 1. The molecule has 5 rings (SSSR count). The maximum Gasteiger partial charge on any atom is 0.336 e. The van der Waals surface area contributed by atoms with E-state index < -0.39 is 65.6 Å². The third-order valence-corrected chi connectivity index (χ3v) is 9.20. The fourth-order valence-electron chi connectivity index (χ4n) is 7.14. The van der Waals surface area contributed by atoms with Crippen molar-refractivity contribution in [2.45, 2.75) is 94.3 Å². The first-order chi connectivity index (χ1) is 20.2. The van der Waals surface area contributed by atoms with E-state index in [1.807, 2.05) is 13.1 Å². The summed E-state index contributed by atoms with van der Waals surface area (Å²) < 4.78 is 16.8. The molecule has 5 N–H and O–H groups in total. The number of rotatable bonds is 10. The highest BCUT2D eigenvalue weighted by atomic mass is 16.6. The number of likely N-dealkylation sites (N-methyl/N-ethyl adjacent to an activating group) is 1. The van der Waals surface area contributed by atoms with Crippen LogP contribution < -0.4 is 10.1 Å². The number of esters is 2. The van der Waals surface area contributed by atoms with Gasteiger partial charge in [0, 0.05) is 18.0 Å². The molecule has 1 fully saturated rings. The molecule has 13 nitrogen and oxygen atoms in total. The molecule has 43 heavy (non-hydrogen) atoms. The first kappa shape index (κ1) is 30.8. The predicted octanol–water partition coefficient (Wildman–Crippen LogP) is 0.511. The number of aliphatic hydroxyl groups is 2. The highest BCUT2D eigenvalue weighted by Crippen LogP contribution is 2.65. The van der Waals surface area contributed by atoms with Gasteiger partial charge in [0.2, 0.25) is 0 Å². The van der Waals surface area contributed by atoms with Gasteiger partial charge in [-0.05, 0) is 63.4 Å². The molecule has 1 aromatic rings. The van der Waals surface area contributed by atoms with Crippen LogP contribution in [-0.4, -0.2) is 98.7 Å². The zero-order valence-corrected chi connectivity index (χ0v) is 24.5. The van der Waals surface area contributed by atoms with Crippen molar-refractivity contribution in [3.05, 3.63) is 35.1 Å². The maximum absolute atomic E-state index is 12.9. The minimum absolute atomic E-state index is 0.0182. The summed E-state index contributed by atoms with van der Waals surface area (Å²) in [5.41, 5.74) is -0.554. The number of hydrogen-bond donors (Lipinski definition) is 5. The van der Waals surface area contributed by atoms with Crippen molar-refractivity contribution in [1.29, 1.82) is 0 Å². The second-order valence-corrected chi connectivity index (χ2v) is 12.4. The second-order valence-electron chi connectivity index (χ2n) is 12.4. The summed E-state index contributed by atoms with van der Waals surface area (Å²) in [4.78, 5) is 51.3. The molecule has 0 unspecified atom stereocenters. The van der Waals surface area contributed by atoms with E-state index >= 15 is 0 Å². The zero-order chi connectivity index (χ0) is 31.4. The molecule has 4 aliphatic rings. The molecule has 0 aromatic heterocycles. The predicted molar refractivity (Wildman–Crippen MR) is 148 cm³/mol. The third-order valence-electron chi connectivity index (χ3n) is 9.20. The molecule has 1 spiro atoms. The van der Waals surface area contributed by atoms with Crippen molar-refractivity contribution < 1.29 is 53.8 Å². The number of aliphatic hydroxyl groups excluding tert-OH is 1. The Labute approximate surface area is 248 Å².